The molecule has 4 rings (SSSR count). The van der Waals surface area contributed by atoms with Crippen LogP contribution in [-0.4, -0.2) is 34.5 Å². The predicted molar refractivity (Wildman–Crippen MR) is 100.0 cm³/mol. The molecular formula is C17H16N8S. The maximum absolute atomic E-state index is 8.39. The number of hydrogen-bond acceptors (Lipinski definition) is 6. The molecule has 3 aromatic heterocycles. The first-order valence-electron chi connectivity index (χ1n) is 7.84. The molecule has 0 saturated heterocycles. The van der Waals surface area contributed by atoms with Gasteiger partial charge in [-0.25, -0.2) is 0 Å². The van der Waals surface area contributed by atoms with Crippen molar-refractivity contribution >= 4 is 27.8 Å². The van der Waals surface area contributed by atoms with E-state index < -0.39 is 0 Å². The van der Waals surface area contributed by atoms with E-state index in [2.05, 4.69) is 15.3 Å². The lowest BCUT2D eigenvalue weighted by Gasteiger charge is -2.08. The highest BCUT2D eigenvalue weighted by molar-refractivity contribution is 8.13. The van der Waals surface area contributed by atoms with Crippen LogP contribution in [-0.2, 0) is 14.1 Å². The number of nitrogens with one attached hydrogen (secondary N) is 2. The van der Waals surface area contributed by atoms with Gasteiger partial charge in [0.2, 0.25) is 0 Å². The minimum atomic E-state index is 0.151. The molecule has 2 N–H and O–H groups in total. The number of thioether (sulfide) groups is 1. The van der Waals surface area contributed by atoms with Gasteiger partial charge in [-0.3, -0.25) is 20.2 Å². The first-order valence-corrected chi connectivity index (χ1v) is 8.65. The van der Waals surface area contributed by atoms with E-state index in [1.165, 1.54) is 16.4 Å². The third kappa shape index (κ3) is 3.04. The molecular weight excluding hydrogens is 348 g/mol. The normalized spacial score (nSPS) is 11.2. The van der Waals surface area contributed by atoms with E-state index in [1.54, 1.807) is 27.7 Å². The summed E-state index contributed by atoms with van der Waals surface area (Å²) in [6, 6.07) is 9.22. The van der Waals surface area contributed by atoms with Gasteiger partial charge < -0.3 is 0 Å². The summed E-state index contributed by atoms with van der Waals surface area (Å²) in [6.45, 7) is 0. The number of hydrogen-bond donors (Lipinski definition) is 2. The number of nitrogens with zero attached hydrogens (tertiary/aromatic N) is 6. The Labute approximate surface area is 153 Å². The van der Waals surface area contributed by atoms with Gasteiger partial charge in [0.25, 0.3) is 0 Å². The van der Waals surface area contributed by atoms with Crippen LogP contribution < -0.4 is 5.49 Å². The zero-order chi connectivity index (χ0) is 18.3. The summed E-state index contributed by atoms with van der Waals surface area (Å²) in [5.41, 5.74) is 2.57. The molecule has 0 radical (unpaired) electrons. The third-order valence-corrected chi connectivity index (χ3v) is 4.69. The van der Waals surface area contributed by atoms with E-state index in [0.717, 1.165) is 21.4 Å². The number of aromatic nitrogens is 6. The number of benzene rings is 1. The van der Waals surface area contributed by atoms with Crippen LogP contribution >= 0.6 is 11.8 Å². The fourth-order valence-corrected chi connectivity index (χ4v) is 3.40. The van der Waals surface area contributed by atoms with E-state index in [0.29, 0.717) is 5.69 Å². The summed E-state index contributed by atoms with van der Waals surface area (Å²) < 4.78 is 4.78. The van der Waals surface area contributed by atoms with Crippen LogP contribution in [0.25, 0.3) is 22.2 Å². The maximum atomic E-state index is 8.39. The summed E-state index contributed by atoms with van der Waals surface area (Å²) >= 11 is 1.25. The first-order chi connectivity index (χ1) is 12.5. The molecule has 0 bridgehead atoms. The van der Waals surface area contributed by atoms with E-state index in [4.69, 9.17) is 10.8 Å². The highest BCUT2D eigenvalue weighted by Crippen LogP contribution is 2.24. The first kappa shape index (κ1) is 16.3. The van der Waals surface area contributed by atoms with E-state index in [9.17, 15) is 0 Å². The fraction of sp³-hybridized carbons (Fsp3) is 0.118. The molecule has 1 aromatic carbocycles. The Balaban J connectivity index is 1.65. The van der Waals surface area contributed by atoms with Crippen molar-refractivity contribution in [2.75, 3.05) is 0 Å². The SMILES string of the molecule is Cn1cc(-c2ccc(=N)n(C(=N)Sc3ccc4nn(C)cc4c3)n2)cn1. The smallest absolute Gasteiger partial charge is 0.188 e. The molecule has 8 nitrogen and oxygen atoms in total. The highest BCUT2D eigenvalue weighted by Gasteiger charge is 2.10. The zero-order valence-corrected chi connectivity index (χ0v) is 15.0. The third-order valence-electron chi connectivity index (χ3n) is 3.83. The molecule has 0 fully saturated rings. The molecule has 130 valence electrons. The van der Waals surface area contributed by atoms with Gasteiger partial charge in [0.05, 0.1) is 17.4 Å². The number of aryl methyl sites for hydroxylation is 2. The molecule has 0 aliphatic rings. The Morgan fingerprint density at radius 3 is 2.65 bits per heavy atom. The fourth-order valence-electron chi connectivity index (χ4n) is 2.63. The van der Waals surface area contributed by atoms with Crippen LogP contribution in [0.3, 0.4) is 0 Å². The van der Waals surface area contributed by atoms with E-state index in [-0.39, 0.29) is 10.7 Å². The lowest BCUT2D eigenvalue weighted by molar-refractivity contribution is 0.767. The molecule has 0 saturated carbocycles. The summed E-state index contributed by atoms with van der Waals surface area (Å²) in [5.74, 6) is 0. The van der Waals surface area contributed by atoms with Crippen molar-refractivity contribution in [3.8, 4) is 11.3 Å². The topological polar surface area (TPSA) is 101 Å². The molecule has 3 heterocycles. The Hall–Kier alpha value is -3.20. The summed E-state index contributed by atoms with van der Waals surface area (Å²) in [4.78, 5) is 0.899. The molecule has 0 aliphatic carbocycles. The molecule has 0 aliphatic heterocycles. The zero-order valence-electron chi connectivity index (χ0n) is 14.2. The highest BCUT2D eigenvalue weighted by atomic mass is 32.2. The van der Waals surface area contributed by atoms with E-state index >= 15 is 0 Å². The van der Waals surface area contributed by atoms with Gasteiger partial charge in [-0.15, -0.1) is 0 Å². The van der Waals surface area contributed by atoms with Gasteiger partial charge in [0.15, 0.2) is 5.17 Å². The van der Waals surface area contributed by atoms with Gasteiger partial charge in [-0.05, 0) is 30.3 Å². The van der Waals surface area contributed by atoms with Crippen LogP contribution in [0.15, 0.2) is 53.8 Å². The van der Waals surface area contributed by atoms with Gasteiger partial charge in [0.1, 0.15) is 5.49 Å². The Bertz CT molecular complexity index is 1180. The predicted octanol–water partition coefficient (Wildman–Crippen LogP) is 2.22. The second-order valence-electron chi connectivity index (χ2n) is 5.85. The monoisotopic (exact) mass is 364 g/mol. The molecule has 0 unspecified atom stereocenters. The minimum absolute atomic E-state index is 0.151. The molecule has 26 heavy (non-hydrogen) atoms. The Morgan fingerprint density at radius 1 is 1.04 bits per heavy atom. The molecule has 0 amide bonds. The van der Waals surface area contributed by atoms with Crippen molar-refractivity contribution in [2.24, 2.45) is 14.1 Å². The lowest BCUT2D eigenvalue weighted by Crippen LogP contribution is -2.27. The van der Waals surface area contributed by atoms with Crippen molar-refractivity contribution in [3.63, 3.8) is 0 Å². The number of fused-ring (bicyclic) bond motifs is 1. The van der Waals surface area contributed by atoms with Crippen LogP contribution in [0.5, 0.6) is 0 Å². The van der Waals surface area contributed by atoms with Crippen molar-refractivity contribution in [3.05, 3.63) is 54.4 Å². The van der Waals surface area contributed by atoms with Crippen molar-refractivity contribution in [2.45, 2.75) is 4.90 Å². The molecule has 9 heteroatoms. The molecule has 0 spiro atoms. The van der Waals surface area contributed by atoms with Crippen LogP contribution in [0.1, 0.15) is 0 Å². The van der Waals surface area contributed by atoms with Crippen LogP contribution in [0, 0.1) is 10.8 Å². The Morgan fingerprint density at radius 2 is 1.88 bits per heavy atom. The number of rotatable bonds is 2. The average molecular weight is 364 g/mol. The Kier molecular flexibility index (Phi) is 3.92. The van der Waals surface area contributed by atoms with Gasteiger partial charge >= 0.3 is 0 Å². The van der Waals surface area contributed by atoms with Gasteiger partial charge in [0, 0.05) is 42.3 Å². The summed E-state index contributed by atoms with van der Waals surface area (Å²) in [6.07, 6.45) is 5.50. The largest absolute Gasteiger partial charge is 0.283 e. The molecule has 4 aromatic rings. The second kappa shape index (κ2) is 6.26. The van der Waals surface area contributed by atoms with Crippen molar-refractivity contribution < 1.29 is 0 Å². The lowest BCUT2D eigenvalue weighted by atomic mass is 10.2. The summed E-state index contributed by atoms with van der Waals surface area (Å²) in [5, 5.41) is 30.6. The maximum Gasteiger partial charge on any atom is 0.188 e. The second-order valence-corrected chi connectivity index (χ2v) is 6.91. The standard InChI is InChI=1S/C17H16N8S/c1-23-10-12(8-20-23)15-5-6-16(18)25(22-15)17(19)26-13-3-4-14-11(7-13)9-24(2)21-14/h3-10,18-19H,1-2H3. The van der Waals surface area contributed by atoms with Crippen molar-refractivity contribution in [1.29, 1.82) is 10.8 Å². The van der Waals surface area contributed by atoms with Gasteiger partial charge in [-0.2, -0.15) is 20.0 Å². The van der Waals surface area contributed by atoms with Crippen LogP contribution in [0.4, 0.5) is 0 Å². The minimum Gasteiger partial charge on any atom is -0.283 e. The van der Waals surface area contributed by atoms with E-state index in [1.807, 2.05) is 44.7 Å². The van der Waals surface area contributed by atoms with Gasteiger partial charge in [-0.1, -0.05) is 11.8 Å². The van der Waals surface area contributed by atoms with Crippen LogP contribution in [0.2, 0.25) is 0 Å². The quantitative estimate of drug-likeness (QED) is 0.323. The summed E-state index contributed by atoms with van der Waals surface area (Å²) in [7, 11) is 3.72. The molecule has 0 atom stereocenters. The average Bonchev–Trinajstić information content (AvgIpc) is 3.19. The van der Waals surface area contributed by atoms with Crippen molar-refractivity contribution in [1.82, 2.24) is 29.3 Å².